The number of hydrogen-bond donors (Lipinski definition) is 2. The Hall–Kier alpha value is -1.43. The van der Waals surface area contributed by atoms with Crippen LogP contribution in [0, 0.1) is 0 Å². The Bertz CT molecular complexity index is 633. The first-order chi connectivity index (χ1) is 12.8. The number of hydrogen-bond acceptors (Lipinski definition) is 4. The van der Waals surface area contributed by atoms with Crippen LogP contribution in [0.4, 0.5) is 0 Å². The zero-order chi connectivity index (χ0) is 19.4. The number of nitrogens with zero attached hydrogens (tertiary/aromatic N) is 2. The quantitative estimate of drug-likeness (QED) is 0.831. The molecule has 150 valence electrons. The van der Waals surface area contributed by atoms with E-state index in [1.165, 1.54) is 0 Å². The van der Waals surface area contributed by atoms with Gasteiger partial charge in [0.05, 0.1) is 11.7 Å². The molecule has 1 atom stereocenters. The van der Waals surface area contributed by atoms with Crippen LogP contribution in [0.15, 0.2) is 24.3 Å². The Labute approximate surface area is 163 Å². The average molecular weight is 375 g/mol. The molecule has 0 bridgehead atoms. The third-order valence-electron chi connectivity index (χ3n) is 5.90. The Morgan fingerprint density at radius 3 is 2.59 bits per heavy atom. The van der Waals surface area contributed by atoms with Crippen molar-refractivity contribution in [3.8, 4) is 0 Å². The summed E-state index contributed by atoms with van der Waals surface area (Å²) in [5.74, 6) is 0.109. The molecule has 0 aromatic heterocycles. The molecule has 1 amide bonds. The number of benzene rings is 1. The van der Waals surface area contributed by atoms with E-state index in [0.29, 0.717) is 12.5 Å². The Kier molecular flexibility index (Phi) is 6.56. The second-order valence-corrected chi connectivity index (χ2v) is 8.83. The van der Waals surface area contributed by atoms with Gasteiger partial charge in [0.15, 0.2) is 0 Å². The molecule has 3 rings (SSSR count). The zero-order valence-corrected chi connectivity index (χ0v) is 16.7. The van der Waals surface area contributed by atoms with Crippen LogP contribution < -0.4 is 0 Å². The zero-order valence-electron chi connectivity index (χ0n) is 16.7. The van der Waals surface area contributed by atoms with E-state index in [-0.39, 0.29) is 12.0 Å². The van der Waals surface area contributed by atoms with E-state index in [4.69, 9.17) is 0 Å². The predicted molar refractivity (Wildman–Crippen MR) is 107 cm³/mol. The van der Waals surface area contributed by atoms with Crippen LogP contribution in [0.5, 0.6) is 0 Å². The topological polar surface area (TPSA) is 64.0 Å². The Balaban J connectivity index is 1.54. The van der Waals surface area contributed by atoms with Crippen molar-refractivity contribution < 1.29 is 15.0 Å². The minimum Gasteiger partial charge on any atom is -0.392 e. The number of rotatable bonds is 5. The monoisotopic (exact) mass is 374 g/mol. The van der Waals surface area contributed by atoms with Crippen LogP contribution in [-0.4, -0.2) is 69.8 Å². The summed E-state index contributed by atoms with van der Waals surface area (Å²) >= 11 is 0. The van der Waals surface area contributed by atoms with Gasteiger partial charge >= 0.3 is 0 Å². The molecule has 1 aromatic rings. The van der Waals surface area contributed by atoms with Gasteiger partial charge in [0, 0.05) is 31.2 Å². The molecule has 5 nitrogen and oxygen atoms in total. The van der Waals surface area contributed by atoms with E-state index in [1.807, 2.05) is 43.0 Å². The highest BCUT2D eigenvalue weighted by atomic mass is 16.3. The van der Waals surface area contributed by atoms with Crippen molar-refractivity contribution in [3.05, 3.63) is 35.4 Å². The lowest BCUT2D eigenvalue weighted by molar-refractivity contribution is 0.0241. The normalized spacial score (nSPS) is 22.8. The van der Waals surface area contributed by atoms with Gasteiger partial charge in [-0.3, -0.25) is 9.69 Å². The number of aliphatic hydroxyl groups is 2. The van der Waals surface area contributed by atoms with Gasteiger partial charge in [-0.1, -0.05) is 12.1 Å². The first-order valence-corrected chi connectivity index (χ1v) is 10.3. The van der Waals surface area contributed by atoms with E-state index < -0.39 is 5.60 Å². The summed E-state index contributed by atoms with van der Waals surface area (Å²) in [5.41, 5.74) is 1.15. The summed E-state index contributed by atoms with van der Waals surface area (Å²) in [7, 11) is 0. The minimum atomic E-state index is -0.691. The van der Waals surface area contributed by atoms with Crippen LogP contribution >= 0.6 is 0 Å². The Morgan fingerprint density at radius 2 is 1.93 bits per heavy atom. The molecule has 5 heteroatoms. The summed E-state index contributed by atoms with van der Waals surface area (Å²) in [6.07, 6.45) is 5.20. The molecule has 2 fully saturated rings. The van der Waals surface area contributed by atoms with Crippen molar-refractivity contribution in [2.45, 2.75) is 70.1 Å². The van der Waals surface area contributed by atoms with E-state index in [2.05, 4.69) is 4.90 Å². The minimum absolute atomic E-state index is 0.109. The molecule has 2 aliphatic heterocycles. The lowest BCUT2D eigenvalue weighted by Crippen LogP contribution is -2.50. The van der Waals surface area contributed by atoms with Crippen molar-refractivity contribution in [2.24, 2.45) is 0 Å². The highest BCUT2D eigenvalue weighted by Gasteiger charge is 2.30. The number of carbonyl (C=O) groups excluding carboxylic acids is 1. The molecule has 2 heterocycles. The number of aryl methyl sites for hydroxylation is 1. The summed E-state index contributed by atoms with van der Waals surface area (Å²) in [4.78, 5) is 17.3. The molecule has 0 aliphatic carbocycles. The summed E-state index contributed by atoms with van der Waals surface area (Å²) < 4.78 is 0. The fourth-order valence-electron chi connectivity index (χ4n) is 4.24. The third kappa shape index (κ3) is 5.77. The molecule has 0 spiro atoms. The highest BCUT2D eigenvalue weighted by molar-refractivity contribution is 5.94. The van der Waals surface area contributed by atoms with Gasteiger partial charge in [0.2, 0.25) is 0 Å². The number of aliphatic hydroxyl groups excluding tert-OH is 1. The first kappa shape index (κ1) is 20.3. The summed E-state index contributed by atoms with van der Waals surface area (Å²) in [5, 5.41) is 19.8. The van der Waals surface area contributed by atoms with E-state index >= 15 is 0 Å². The van der Waals surface area contributed by atoms with Crippen LogP contribution in [0.1, 0.15) is 61.9 Å². The van der Waals surface area contributed by atoms with Gasteiger partial charge in [-0.15, -0.1) is 0 Å². The number of carbonyl (C=O) groups is 1. The summed E-state index contributed by atoms with van der Waals surface area (Å²) in [6.45, 7) is 7.04. The molecular formula is C22H34N2O3. The average Bonchev–Trinajstić information content (AvgIpc) is 2.66. The molecule has 1 aromatic carbocycles. The highest BCUT2D eigenvalue weighted by Crippen LogP contribution is 2.23. The van der Waals surface area contributed by atoms with Crippen LogP contribution in [-0.2, 0) is 6.42 Å². The van der Waals surface area contributed by atoms with Gasteiger partial charge in [-0.05, 0) is 76.6 Å². The molecule has 2 N–H and O–H groups in total. The second kappa shape index (κ2) is 8.72. The van der Waals surface area contributed by atoms with Crippen molar-refractivity contribution in [3.63, 3.8) is 0 Å². The number of piperidine rings is 2. The van der Waals surface area contributed by atoms with Gasteiger partial charge < -0.3 is 15.1 Å². The van der Waals surface area contributed by atoms with E-state index in [0.717, 1.165) is 69.4 Å². The molecule has 27 heavy (non-hydrogen) atoms. The van der Waals surface area contributed by atoms with Crippen LogP contribution in [0.25, 0.3) is 0 Å². The molecule has 0 radical (unpaired) electrons. The fourth-order valence-corrected chi connectivity index (χ4v) is 4.24. The van der Waals surface area contributed by atoms with Crippen molar-refractivity contribution in [2.75, 3.05) is 26.2 Å². The standard InChI is InChI=1S/C22H34N2O3/c1-22(2,27)11-8-17-5-3-6-18(15-17)21(26)23-13-9-19(10-14-23)24-12-4-7-20(25)16-24/h3,5-6,15,19-20,25,27H,4,7-14,16H2,1-2H3/t20-/m1/s1. The molecular weight excluding hydrogens is 340 g/mol. The molecule has 2 aliphatic rings. The van der Waals surface area contributed by atoms with E-state index in [1.54, 1.807) is 0 Å². The smallest absolute Gasteiger partial charge is 0.253 e. The first-order valence-electron chi connectivity index (χ1n) is 10.3. The second-order valence-electron chi connectivity index (χ2n) is 8.83. The van der Waals surface area contributed by atoms with Crippen molar-refractivity contribution >= 4 is 5.91 Å². The maximum Gasteiger partial charge on any atom is 0.253 e. The molecule has 0 saturated carbocycles. The lowest BCUT2D eigenvalue weighted by atomic mass is 9.96. The van der Waals surface area contributed by atoms with Gasteiger partial charge in [-0.2, -0.15) is 0 Å². The van der Waals surface area contributed by atoms with Crippen LogP contribution in [0.3, 0.4) is 0 Å². The van der Waals surface area contributed by atoms with Gasteiger partial charge in [-0.25, -0.2) is 0 Å². The lowest BCUT2D eigenvalue weighted by Gasteiger charge is -2.41. The van der Waals surface area contributed by atoms with Gasteiger partial charge in [0.1, 0.15) is 0 Å². The maximum absolute atomic E-state index is 12.9. The molecule has 0 unspecified atom stereocenters. The fraction of sp³-hybridized carbons (Fsp3) is 0.682. The number of amides is 1. The number of β-amino-alcohol motifs (C(OH)–C–C–N with tert-alkyl or cyclic N) is 1. The maximum atomic E-state index is 12.9. The largest absolute Gasteiger partial charge is 0.392 e. The SMILES string of the molecule is CC(C)(O)CCc1cccc(C(=O)N2CCC(N3CCC[C@@H](O)C3)CC2)c1. The third-order valence-corrected chi connectivity index (χ3v) is 5.90. The Morgan fingerprint density at radius 1 is 1.19 bits per heavy atom. The van der Waals surface area contributed by atoms with Gasteiger partial charge in [0.25, 0.3) is 5.91 Å². The van der Waals surface area contributed by atoms with Crippen LogP contribution in [0.2, 0.25) is 0 Å². The van der Waals surface area contributed by atoms with Crippen molar-refractivity contribution in [1.29, 1.82) is 0 Å². The molecule has 2 saturated heterocycles. The number of likely N-dealkylation sites (tertiary alicyclic amines) is 2. The summed E-state index contributed by atoms with van der Waals surface area (Å²) in [6, 6.07) is 8.32. The predicted octanol–water partition coefficient (Wildman–Crippen LogP) is 2.45. The van der Waals surface area contributed by atoms with E-state index in [9.17, 15) is 15.0 Å². The van der Waals surface area contributed by atoms with Crippen molar-refractivity contribution in [1.82, 2.24) is 9.80 Å².